The lowest BCUT2D eigenvalue weighted by Gasteiger charge is -2.31. The molecule has 0 radical (unpaired) electrons. The number of carbonyl (C=O) groups is 1. The molecule has 1 fully saturated rings. The van der Waals surface area contributed by atoms with Crippen LogP contribution in [0.5, 0.6) is 0 Å². The number of piperidine rings is 1. The van der Waals surface area contributed by atoms with Crippen molar-refractivity contribution >= 4 is 21.8 Å². The van der Waals surface area contributed by atoms with E-state index in [9.17, 15) is 4.79 Å². The van der Waals surface area contributed by atoms with Crippen LogP contribution in [0.4, 0.5) is 0 Å². The Morgan fingerprint density at radius 3 is 2.71 bits per heavy atom. The molecule has 5 heteroatoms. The Morgan fingerprint density at radius 2 is 2.10 bits per heavy atom. The Morgan fingerprint density at radius 1 is 1.38 bits per heavy atom. The molecule has 0 aliphatic carbocycles. The molecule has 0 atom stereocenters. The quantitative estimate of drug-likeness (QED) is 0.851. The average Bonchev–Trinajstić information content (AvgIpc) is 2.50. The number of likely N-dealkylation sites (tertiary alicyclic amines) is 1. The van der Waals surface area contributed by atoms with E-state index < -0.39 is 0 Å². The maximum atomic E-state index is 11.4. The minimum Gasteiger partial charge on any atom is -0.358 e. The van der Waals surface area contributed by atoms with Crippen LogP contribution in [-0.4, -0.2) is 43.5 Å². The fourth-order valence-electron chi connectivity index (χ4n) is 2.59. The molecule has 1 saturated heterocycles. The van der Waals surface area contributed by atoms with Crippen LogP contribution in [0.15, 0.2) is 22.7 Å². The van der Waals surface area contributed by atoms with E-state index in [0.717, 1.165) is 32.5 Å². The summed E-state index contributed by atoms with van der Waals surface area (Å²) in [7, 11) is 1.69. The summed E-state index contributed by atoms with van der Waals surface area (Å²) in [5.74, 6) is 0.103. The van der Waals surface area contributed by atoms with Gasteiger partial charge in [0.15, 0.2) is 0 Å². The standard InChI is InChI=1S/C16H24BrN3O/c1-12-3-4-13(9-15(12)17)10-19-14-5-7-20(8-6-14)11-16(21)18-2/h3-4,9,14,19H,5-8,10-11H2,1-2H3,(H,18,21). The van der Waals surface area contributed by atoms with E-state index in [1.54, 1.807) is 7.05 Å². The maximum absolute atomic E-state index is 11.4. The molecule has 1 aliphatic heterocycles. The van der Waals surface area contributed by atoms with Crippen LogP contribution < -0.4 is 10.6 Å². The van der Waals surface area contributed by atoms with Gasteiger partial charge < -0.3 is 10.6 Å². The van der Waals surface area contributed by atoms with Crippen molar-refractivity contribution in [3.8, 4) is 0 Å². The minimum absolute atomic E-state index is 0.103. The van der Waals surface area contributed by atoms with E-state index in [4.69, 9.17) is 0 Å². The van der Waals surface area contributed by atoms with E-state index in [1.165, 1.54) is 15.6 Å². The summed E-state index contributed by atoms with van der Waals surface area (Å²) in [6.07, 6.45) is 2.20. The van der Waals surface area contributed by atoms with Crippen LogP contribution in [-0.2, 0) is 11.3 Å². The van der Waals surface area contributed by atoms with Crippen molar-refractivity contribution in [1.29, 1.82) is 0 Å². The highest BCUT2D eigenvalue weighted by atomic mass is 79.9. The molecule has 1 aromatic carbocycles. The normalized spacial score (nSPS) is 16.9. The molecule has 1 aliphatic rings. The number of likely N-dealkylation sites (N-methyl/N-ethyl adjacent to an activating group) is 1. The van der Waals surface area contributed by atoms with Crippen LogP contribution in [0.25, 0.3) is 0 Å². The Balaban J connectivity index is 1.73. The summed E-state index contributed by atoms with van der Waals surface area (Å²) in [6, 6.07) is 7.05. The number of hydrogen-bond acceptors (Lipinski definition) is 3. The van der Waals surface area contributed by atoms with Gasteiger partial charge in [0, 0.05) is 37.2 Å². The molecule has 2 rings (SSSR count). The van der Waals surface area contributed by atoms with Gasteiger partial charge in [-0.15, -0.1) is 0 Å². The monoisotopic (exact) mass is 353 g/mol. The molecular formula is C16H24BrN3O. The maximum Gasteiger partial charge on any atom is 0.233 e. The summed E-state index contributed by atoms with van der Waals surface area (Å²) < 4.78 is 1.17. The summed E-state index contributed by atoms with van der Waals surface area (Å²) in [6.45, 7) is 5.50. The van der Waals surface area contributed by atoms with Gasteiger partial charge >= 0.3 is 0 Å². The van der Waals surface area contributed by atoms with Gasteiger partial charge in [-0.2, -0.15) is 0 Å². The largest absolute Gasteiger partial charge is 0.358 e. The fraction of sp³-hybridized carbons (Fsp3) is 0.562. The van der Waals surface area contributed by atoms with Crippen LogP contribution in [0.1, 0.15) is 24.0 Å². The first kappa shape index (κ1) is 16.5. The predicted octanol–water partition coefficient (Wildman–Crippen LogP) is 2.06. The van der Waals surface area contributed by atoms with Gasteiger partial charge in [0.05, 0.1) is 6.54 Å². The molecule has 0 spiro atoms. The molecule has 1 aromatic rings. The third-order valence-corrected chi connectivity index (χ3v) is 4.92. The molecule has 116 valence electrons. The van der Waals surface area contributed by atoms with Crippen molar-refractivity contribution in [2.75, 3.05) is 26.7 Å². The molecule has 0 unspecified atom stereocenters. The van der Waals surface area contributed by atoms with Crippen LogP contribution in [0.3, 0.4) is 0 Å². The van der Waals surface area contributed by atoms with Gasteiger partial charge in [0.25, 0.3) is 0 Å². The second kappa shape index (κ2) is 7.92. The summed E-state index contributed by atoms with van der Waals surface area (Å²) in [5.41, 5.74) is 2.57. The average molecular weight is 354 g/mol. The first-order valence-corrected chi connectivity index (χ1v) is 8.29. The lowest BCUT2D eigenvalue weighted by molar-refractivity contribution is -0.122. The van der Waals surface area contributed by atoms with E-state index in [-0.39, 0.29) is 5.91 Å². The van der Waals surface area contributed by atoms with Crippen molar-refractivity contribution < 1.29 is 4.79 Å². The molecule has 4 nitrogen and oxygen atoms in total. The van der Waals surface area contributed by atoms with Gasteiger partial charge in [-0.3, -0.25) is 9.69 Å². The molecular weight excluding hydrogens is 330 g/mol. The SMILES string of the molecule is CNC(=O)CN1CCC(NCc2ccc(C)c(Br)c2)CC1. The summed E-state index contributed by atoms with van der Waals surface area (Å²) in [5, 5.41) is 6.30. The molecule has 0 bridgehead atoms. The number of nitrogens with one attached hydrogen (secondary N) is 2. The van der Waals surface area contributed by atoms with Gasteiger partial charge in [-0.05, 0) is 37.0 Å². The van der Waals surface area contributed by atoms with Crippen molar-refractivity contribution in [3.63, 3.8) is 0 Å². The summed E-state index contributed by atoms with van der Waals surface area (Å²) in [4.78, 5) is 13.6. The fourth-order valence-corrected chi connectivity index (χ4v) is 3.01. The zero-order chi connectivity index (χ0) is 15.2. The Hall–Kier alpha value is -0.910. The number of carbonyl (C=O) groups excluding carboxylic acids is 1. The number of halogens is 1. The molecule has 2 N–H and O–H groups in total. The summed E-state index contributed by atoms with van der Waals surface area (Å²) >= 11 is 3.58. The Bertz CT molecular complexity index is 484. The number of nitrogens with zero attached hydrogens (tertiary/aromatic N) is 1. The highest BCUT2D eigenvalue weighted by Crippen LogP contribution is 2.18. The third kappa shape index (κ3) is 5.09. The molecule has 21 heavy (non-hydrogen) atoms. The molecule has 1 amide bonds. The predicted molar refractivity (Wildman–Crippen MR) is 89.2 cm³/mol. The van der Waals surface area contributed by atoms with Crippen LogP contribution in [0.2, 0.25) is 0 Å². The zero-order valence-corrected chi connectivity index (χ0v) is 14.4. The van der Waals surface area contributed by atoms with E-state index in [1.807, 2.05) is 0 Å². The van der Waals surface area contributed by atoms with Gasteiger partial charge in [0.2, 0.25) is 5.91 Å². The second-order valence-electron chi connectivity index (χ2n) is 5.69. The number of benzene rings is 1. The second-order valence-corrected chi connectivity index (χ2v) is 6.54. The van der Waals surface area contributed by atoms with Gasteiger partial charge in [0.1, 0.15) is 0 Å². The third-order valence-electron chi connectivity index (χ3n) is 4.06. The van der Waals surface area contributed by atoms with Crippen LogP contribution in [0, 0.1) is 6.92 Å². The van der Waals surface area contributed by atoms with E-state index >= 15 is 0 Å². The van der Waals surface area contributed by atoms with Crippen molar-refractivity contribution in [2.45, 2.75) is 32.4 Å². The topological polar surface area (TPSA) is 44.4 Å². The molecule has 1 heterocycles. The number of amides is 1. The lowest BCUT2D eigenvalue weighted by atomic mass is 10.0. The highest BCUT2D eigenvalue weighted by molar-refractivity contribution is 9.10. The number of aryl methyl sites for hydroxylation is 1. The van der Waals surface area contributed by atoms with E-state index in [2.05, 4.69) is 56.6 Å². The first-order chi connectivity index (χ1) is 10.1. The smallest absolute Gasteiger partial charge is 0.233 e. The molecule has 0 aromatic heterocycles. The van der Waals surface area contributed by atoms with Crippen LogP contribution >= 0.6 is 15.9 Å². The highest BCUT2D eigenvalue weighted by Gasteiger charge is 2.19. The van der Waals surface area contributed by atoms with Crippen molar-refractivity contribution in [1.82, 2.24) is 15.5 Å². The van der Waals surface area contributed by atoms with Gasteiger partial charge in [-0.1, -0.05) is 28.1 Å². The Labute approximate surface area is 135 Å². The first-order valence-electron chi connectivity index (χ1n) is 7.50. The minimum atomic E-state index is 0.103. The number of hydrogen-bond donors (Lipinski definition) is 2. The van der Waals surface area contributed by atoms with Crippen molar-refractivity contribution in [2.24, 2.45) is 0 Å². The molecule has 0 saturated carbocycles. The Kier molecular flexibility index (Phi) is 6.21. The zero-order valence-electron chi connectivity index (χ0n) is 12.8. The van der Waals surface area contributed by atoms with Crippen molar-refractivity contribution in [3.05, 3.63) is 33.8 Å². The number of rotatable bonds is 5. The lowest BCUT2D eigenvalue weighted by Crippen LogP contribution is -2.45. The van der Waals surface area contributed by atoms with Gasteiger partial charge in [-0.25, -0.2) is 0 Å². The van der Waals surface area contributed by atoms with E-state index in [0.29, 0.717) is 12.6 Å².